The Morgan fingerprint density at radius 1 is 1.08 bits per heavy atom. The van der Waals surface area contributed by atoms with Crippen LogP contribution in [-0.2, 0) is 19.6 Å². The Hall–Kier alpha value is -2.25. The molecule has 0 aromatic heterocycles. The molecule has 0 unspecified atom stereocenters. The second-order valence-corrected chi connectivity index (χ2v) is 5.82. The number of halogens is 4. The largest absolute Gasteiger partial charge is 0.484 e. The molecule has 26 heavy (non-hydrogen) atoms. The molecular weight excluding hydrogens is 369 g/mol. The molecule has 0 aliphatic carbocycles. The van der Waals surface area contributed by atoms with Gasteiger partial charge in [0.25, 0.3) is 5.91 Å². The Bertz CT molecular complexity index is 764. The fourth-order valence-corrected chi connectivity index (χ4v) is 2.59. The topological polar surface area (TPSA) is 50.4 Å². The third-order valence-corrected chi connectivity index (χ3v) is 3.88. The predicted molar refractivity (Wildman–Crippen MR) is 93.4 cm³/mol. The van der Waals surface area contributed by atoms with Crippen LogP contribution in [0.1, 0.15) is 27.0 Å². The van der Waals surface area contributed by atoms with Gasteiger partial charge in [-0.1, -0.05) is 18.2 Å². The lowest BCUT2D eigenvalue weighted by molar-refractivity contribution is -0.153. The average Bonchev–Trinajstić information content (AvgIpc) is 3.05. The SMILES string of the molecule is Cl.O=C(NCc1ccc(OCC(F)(F)F)cc1)c1ccc2c(c1)CNC2. The van der Waals surface area contributed by atoms with Crippen LogP contribution in [-0.4, -0.2) is 18.7 Å². The van der Waals surface area contributed by atoms with Gasteiger partial charge in [0.2, 0.25) is 0 Å². The Kier molecular flexibility index (Phi) is 6.50. The summed E-state index contributed by atoms with van der Waals surface area (Å²) in [5, 5.41) is 6.02. The van der Waals surface area contributed by atoms with Gasteiger partial charge in [0.15, 0.2) is 6.61 Å². The fourth-order valence-electron chi connectivity index (χ4n) is 2.59. The van der Waals surface area contributed by atoms with E-state index in [0.29, 0.717) is 5.56 Å². The summed E-state index contributed by atoms with van der Waals surface area (Å²) in [5.41, 5.74) is 3.69. The summed E-state index contributed by atoms with van der Waals surface area (Å²) in [6.45, 7) is 0.541. The molecule has 1 heterocycles. The summed E-state index contributed by atoms with van der Waals surface area (Å²) in [6.07, 6.45) is -4.36. The molecule has 2 aromatic rings. The van der Waals surface area contributed by atoms with Crippen LogP contribution in [0.15, 0.2) is 42.5 Å². The van der Waals surface area contributed by atoms with Crippen molar-refractivity contribution < 1.29 is 22.7 Å². The second kappa shape index (κ2) is 8.42. The van der Waals surface area contributed by atoms with Gasteiger partial charge < -0.3 is 15.4 Å². The van der Waals surface area contributed by atoms with Crippen molar-refractivity contribution in [2.24, 2.45) is 0 Å². The Morgan fingerprint density at radius 3 is 2.46 bits per heavy atom. The molecular formula is C18H18ClF3N2O2. The van der Waals surface area contributed by atoms with Crippen molar-refractivity contribution in [1.82, 2.24) is 10.6 Å². The minimum atomic E-state index is -4.36. The van der Waals surface area contributed by atoms with E-state index in [1.54, 1.807) is 18.2 Å². The normalized spacial score (nSPS) is 12.9. The van der Waals surface area contributed by atoms with Gasteiger partial charge in [-0.3, -0.25) is 4.79 Å². The van der Waals surface area contributed by atoms with E-state index in [-0.39, 0.29) is 30.6 Å². The number of hydrogen-bond acceptors (Lipinski definition) is 3. The third kappa shape index (κ3) is 5.37. The number of carbonyl (C=O) groups excluding carboxylic acids is 1. The molecule has 1 aliphatic heterocycles. The van der Waals surface area contributed by atoms with Crippen molar-refractivity contribution >= 4 is 18.3 Å². The number of nitrogens with one attached hydrogen (secondary N) is 2. The zero-order valence-electron chi connectivity index (χ0n) is 13.7. The highest BCUT2D eigenvalue weighted by molar-refractivity contribution is 5.94. The summed E-state index contributed by atoms with van der Waals surface area (Å²) in [5.74, 6) is -0.0504. The summed E-state index contributed by atoms with van der Waals surface area (Å²) in [6, 6.07) is 11.8. The molecule has 0 spiro atoms. The molecule has 2 N–H and O–H groups in total. The summed E-state index contributed by atoms with van der Waals surface area (Å²) >= 11 is 0. The molecule has 4 nitrogen and oxygen atoms in total. The number of hydrogen-bond donors (Lipinski definition) is 2. The van der Waals surface area contributed by atoms with Crippen molar-refractivity contribution in [3.8, 4) is 5.75 Å². The van der Waals surface area contributed by atoms with E-state index in [4.69, 9.17) is 0 Å². The highest BCUT2D eigenvalue weighted by Gasteiger charge is 2.28. The van der Waals surface area contributed by atoms with Gasteiger partial charge in [-0.2, -0.15) is 13.2 Å². The first kappa shape index (κ1) is 20.1. The van der Waals surface area contributed by atoms with E-state index >= 15 is 0 Å². The van der Waals surface area contributed by atoms with Crippen LogP contribution in [0.5, 0.6) is 5.75 Å². The molecule has 2 aromatic carbocycles. The summed E-state index contributed by atoms with van der Waals surface area (Å²) < 4.78 is 40.9. The molecule has 0 saturated carbocycles. The van der Waals surface area contributed by atoms with E-state index in [0.717, 1.165) is 24.2 Å². The molecule has 1 amide bonds. The number of fused-ring (bicyclic) bond motifs is 1. The lowest BCUT2D eigenvalue weighted by atomic mass is 10.1. The highest BCUT2D eigenvalue weighted by Crippen LogP contribution is 2.19. The molecule has 8 heteroatoms. The van der Waals surface area contributed by atoms with Crippen molar-refractivity contribution in [3.63, 3.8) is 0 Å². The smallest absolute Gasteiger partial charge is 0.422 e. The van der Waals surface area contributed by atoms with Crippen molar-refractivity contribution in [2.45, 2.75) is 25.8 Å². The lowest BCUT2D eigenvalue weighted by Crippen LogP contribution is -2.23. The maximum absolute atomic E-state index is 12.2. The zero-order chi connectivity index (χ0) is 17.9. The van der Waals surface area contributed by atoms with Gasteiger partial charge in [0.1, 0.15) is 5.75 Å². The van der Waals surface area contributed by atoms with E-state index in [1.807, 2.05) is 12.1 Å². The van der Waals surface area contributed by atoms with Crippen molar-refractivity contribution in [2.75, 3.05) is 6.61 Å². The quantitative estimate of drug-likeness (QED) is 0.825. The second-order valence-electron chi connectivity index (χ2n) is 5.82. The first-order valence-corrected chi connectivity index (χ1v) is 7.80. The number of ether oxygens (including phenoxy) is 1. The maximum Gasteiger partial charge on any atom is 0.422 e. The number of benzene rings is 2. The van der Waals surface area contributed by atoms with Crippen molar-refractivity contribution in [1.29, 1.82) is 0 Å². The monoisotopic (exact) mass is 386 g/mol. The number of rotatable bonds is 5. The minimum Gasteiger partial charge on any atom is -0.484 e. The summed E-state index contributed by atoms with van der Waals surface area (Å²) in [4.78, 5) is 12.2. The van der Waals surface area contributed by atoms with E-state index in [9.17, 15) is 18.0 Å². The number of alkyl halides is 3. The molecule has 0 radical (unpaired) electrons. The van der Waals surface area contributed by atoms with Crippen LogP contribution in [0.2, 0.25) is 0 Å². The van der Waals surface area contributed by atoms with Gasteiger partial charge in [0, 0.05) is 25.2 Å². The standard InChI is InChI=1S/C18H17F3N2O2.ClH/c19-18(20,21)11-25-16-5-1-12(2-6-16)8-23-17(24)13-3-4-14-9-22-10-15(14)7-13;/h1-7,22H,8-11H2,(H,23,24);1H. The van der Waals surface area contributed by atoms with E-state index < -0.39 is 12.8 Å². The van der Waals surface area contributed by atoms with Crippen LogP contribution in [0, 0.1) is 0 Å². The Balaban J connectivity index is 0.00000243. The number of amides is 1. The maximum atomic E-state index is 12.2. The Labute approximate surface area is 155 Å². The Morgan fingerprint density at radius 2 is 1.77 bits per heavy atom. The van der Waals surface area contributed by atoms with Gasteiger partial charge >= 0.3 is 6.18 Å². The average molecular weight is 387 g/mol. The van der Waals surface area contributed by atoms with Crippen LogP contribution in [0.25, 0.3) is 0 Å². The third-order valence-electron chi connectivity index (χ3n) is 3.88. The van der Waals surface area contributed by atoms with Crippen LogP contribution in [0.3, 0.4) is 0 Å². The van der Waals surface area contributed by atoms with Crippen molar-refractivity contribution in [3.05, 3.63) is 64.7 Å². The van der Waals surface area contributed by atoms with Gasteiger partial charge in [-0.15, -0.1) is 12.4 Å². The van der Waals surface area contributed by atoms with Gasteiger partial charge in [-0.25, -0.2) is 0 Å². The van der Waals surface area contributed by atoms with Crippen LogP contribution >= 0.6 is 12.4 Å². The highest BCUT2D eigenvalue weighted by atomic mass is 35.5. The lowest BCUT2D eigenvalue weighted by Gasteiger charge is -2.10. The molecule has 140 valence electrons. The summed E-state index contributed by atoms with van der Waals surface area (Å²) in [7, 11) is 0. The minimum absolute atomic E-state index is 0. The fraction of sp³-hybridized carbons (Fsp3) is 0.278. The predicted octanol–water partition coefficient (Wildman–Crippen LogP) is 3.58. The van der Waals surface area contributed by atoms with Crippen LogP contribution < -0.4 is 15.4 Å². The zero-order valence-corrected chi connectivity index (χ0v) is 14.5. The molecule has 1 aliphatic rings. The first-order valence-electron chi connectivity index (χ1n) is 7.80. The van der Waals surface area contributed by atoms with E-state index in [2.05, 4.69) is 15.4 Å². The molecule has 3 rings (SSSR count). The van der Waals surface area contributed by atoms with Crippen LogP contribution in [0.4, 0.5) is 13.2 Å². The van der Waals surface area contributed by atoms with Gasteiger partial charge in [-0.05, 0) is 41.0 Å². The molecule has 0 atom stereocenters. The van der Waals surface area contributed by atoms with E-state index in [1.165, 1.54) is 17.7 Å². The molecule has 0 saturated heterocycles. The molecule has 0 fully saturated rings. The molecule has 0 bridgehead atoms. The first-order chi connectivity index (χ1) is 11.9. The number of carbonyl (C=O) groups is 1. The van der Waals surface area contributed by atoms with Gasteiger partial charge in [0.05, 0.1) is 0 Å².